The van der Waals surface area contributed by atoms with Crippen LogP contribution in [0.4, 0.5) is 13.2 Å². The molecule has 19 heavy (non-hydrogen) atoms. The van der Waals surface area contributed by atoms with Crippen molar-refractivity contribution >= 4 is 5.78 Å². The summed E-state index contributed by atoms with van der Waals surface area (Å²) in [5.74, 6) is -0.668. The first kappa shape index (κ1) is 13.3. The minimum atomic E-state index is -4.57. The SMILES string of the molecule is Cc1ccccc1C(=O)c1cnccc1C(F)(F)F. The number of benzene rings is 1. The van der Waals surface area contributed by atoms with Crippen molar-refractivity contribution in [2.45, 2.75) is 13.1 Å². The normalized spacial score (nSPS) is 11.4. The molecule has 0 spiro atoms. The Morgan fingerprint density at radius 1 is 1.11 bits per heavy atom. The highest BCUT2D eigenvalue weighted by Gasteiger charge is 2.35. The van der Waals surface area contributed by atoms with Gasteiger partial charge in [0.1, 0.15) is 0 Å². The summed E-state index contributed by atoms with van der Waals surface area (Å²) in [5.41, 5.74) is -0.509. The number of aromatic nitrogens is 1. The second-order valence-electron chi connectivity index (χ2n) is 4.06. The largest absolute Gasteiger partial charge is 0.417 e. The number of hydrogen-bond acceptors (Lipinski definition) is 2. The molecule has 0 aliphatic heterocycles. The van der Waals surface area contributed by atoms with E-state index >= 15 is 0 Å². The molecule has 0 N–H and O–H groups in total. The lowest BCUT2D eigenvalue weighted by Crippen LogP contribution is -2.14. The maximum atomic E-state index is 12.8. The van der Waals surface area contributed by atoms with Crippen LogP contribution >= 0.6 is 0 Å². The van der Waals surface area contributed by atoms with Crippen molar-refractivity contribution in [3.63, 3.8) is 0 Å². The van der Waals surface area contributed by atoms with Crippen LogP contribution < -0.4 is 0 Å². The second-order valence-corrected chi connectivity index (χ2v) is 4.06. The van der Waals surface area contributed by atoms with E-state index in [0.717, 1.165) is 18.5 Å². The van der Waals surface area contributed by atoms with Gasteiger partial charge in [0.2, 0.25) is 0 Å². The van der Waals surface area contributed by atoms with Gasteiger partial charge in [-0.05, 0) is 18.6 Å². The van der Waals surface area contributed by atoms with Gasteiger partial charge in [-0.2, -0.15) is 13.2 Å². The molecule has 5 heteroatoms. The van der Waals surface area contributed by atoms with Crippen molar-refractivity contribution in [1.82, 2.24) is 4.98 Å². The van der Waals surface area contributed by atoms with E-state index < -0.39 is 23.1 Å². The molecule has 0 unspecified atom stereocenters. The van der Waals surface area contributed by atoms with E-state index in [1.165, 1.54) is 6.07 Å². The molecule has 1 aromatic heterocycles. The summed E-state index contributed by atoms with van der Waals surface area (Å²) in [4.78, 5) is 15.8. The van der Waals surface area contributed by atoms with Gasteiger partial charge in [0.15, 0.2) is 5.78 Å². The van der Waals surface area contributed by atoms with Gasteiger partial charge in [-0.25, -0.2) is 0 Å². The summed E-state index contributed by atoms with van der Waals surface area (Å²) in [5, 5.41) is 0. The van der Waals surface area contributed by atoms with E-state index in [0.29, 0.717) is 5.56 Å². The molecule has 0 aliphatic carbocycles. The van der Waals surface area contributed by atoms with Crippen molar-refractivity contribution in [1.29, 1.82) is 0 Å². The average Bonchev–Trinajstić information content (AvgIpc) is 2.37. The van der Waals surface area contributed by atoms with Crippen LogP contribution in [0, 0.1) is 6.92 Å². The molecule has 1 heterocycles. The summed E-state index contributed by atoms with van der Waals surface area (Å²) in [6, 6.07) is 7.33. The fourth-order valence-electron chi connectivity index (χ4n) is 1.80. The van der Waals surface area contributed by atoms with E-state index in [1.54, 1.807) is 25.1 Å². The number of pyridine rings is 1. The van der Waals surface area contributed by atoms with E-state index in [1.807, 2.05) is 0 Å². The summed E-state index contributed by atoms with van der Waals surface area (Å²) < 4.78 is 38.5. The third-order valence-corrected chi connectivity index (χ3v) is 2.76. The van der Waals surface area contributed by atoms with Crippen molar-refractivity contribution < 1.29 is 18.0 Å². The van der Waals surface area contributed by atoms with Crippen LogP contribution in [0.25, 0.3) is 0 Å². The minimum Gasteiger partial charge on any atom is -0.289 e. The third kappa shape index (κ3) is 2.65. The first-order valence-corrected chi connectivity index (χ1v) is 5.53. The molecule has 0 radical (unpaired) electrons. The van der Waals surface area contributed by atoms with Gasteiger partial charge in [-0.1, -0.05) is 24.3 Å². The average molecular weight is 265 g/mol. The lowest BCUT2D eigenvalue weighted by molar-refractivity contribution is -0.137. The van der Waals surface area contributed by atoms with Crippen LogP contribution in [0.2, 0.25) is 0 Å². The van der Waals surface area contributed by atoms with Gasteiger partial charge in [0.05, 0.1) is 11.1 Å². The Morgan fingerprint density at radius 2 is 1.79 bits per heavy atom. The van der Waals surface area contributed by atoms with Gasteiger partial charge in [0, 0.05) is 18.0 Å². The first-order chi connectivity index (χ1) is 8.91. The molecule has 0 aliphatic rings. The van der Waals surface area contributed by atoms with E-state index in [9.17, 15) is 18.0 Å². The molecular weight excluding hydrogens is 255 g/mol. The molecule has 0 atom stereocenters. The third-order valence-electron chi connectivity index (χ3n) is 2.76. The van der Waals surface area contributed by atoms with Gasteiger partial charge >= 0.3 is 6.18 Å². The molecule has 2 nitrogen and oxygen atoms in total. The standard InChI is InChI=1S/C14H10F3NO/c1-9-4-2-3-5-10(9)13(19)11-8-18-7-6-12(11)14(15,16)17/h2-8H,1H3. The monoisotopic (exact) mass is 265 g/mol. The van der Waals surface area contributed by atoms with Crippen LogP contribution in [-0.2, 0) is 6.18 Å². The zero-order valence-corrected chi connectivity index (χ0v) is 10.0. The Hall–Kier alpha value is -2.17. The summed E-state index contributed by atoms with van der Waals surface area (Å²) >= 11 is 0. The molecular formula is C14H10F3NO. The fraction of sp³-hybridized carbons (Fsp3) is 0.143. The van der Waals surface area contributed by atoms with Crippen LogP contribution in [0.5, 0.6) is 0 Å². The van der Waals surface area contributed by atoms with Gasteiger partial charge < -0.3 is 0 Å². The molecule has 0 saturated heterocycles. The van der Waals surface area contributed by atoms with Crippen LogP contribution in [-0.4, -0.2) is 10.8 Å². The first-order valence-electron chi connectivity index (χ1n) is 5.53. The molecule has 0 saturated carbocycles. The highest BCUT2D eigenvalue weighted by Crippen LogP contribution is 2.32. The highest BCUT2D eigenvalue weighted by atomic mass is 19.4. The fourth-order valence-corrected chi connectivity index (χ4v) is 1.80. The Bertz CT molecular complexity index is 620. The molecule has 1 aromatic carbocycles. The van der Waals surface area contributed by atoms with E-state index in [-0.39, 0.29) is 5.56 Å². The number of ketones is 1. The molecule has 2 rings (SSSR count). The maximum Gasteiger partial charge on any atom is 0.417 e. The lowest BCUT2D eigenvalue weighted by atomic mass is 9.97. The van der Waals surface area contributed by atoms with Crippen LogP contribution in [0.3, 0.4) is 0 Å². The number of nitrogens with zero attached hydrogens (tertiary/aromatic N) is 1. The Balaban J connectivity index is 2.55. The maximum absolute atomic E-state index is 12.8. The highest BCUT2D eigenvalue weighted by molar-refractivity contribution is 6.10. The van der Waals surface area contributed by atoms with Crippen molar-refractivity contribution in [2.24, 2.45) is 0 Å². The van der Waals surface area contributed by atoms with E-state index in [4.69, 9.17) is 0 Å². The number of carbonyl (C=O) groups excluding carboxylic acids is 1. The zero-order valence-electron chi connectivity index (χ0n) is 10.0. The predicted octanol–water partition coefficient (Wildman–Crippen LogP) is 3.64. The zero-order chi connectivity index (χ0) is 14.0. The van der Waals surface area contributed by atoms with Gasteiger partial charge in [-0.15, -0.1) is 0 Å². The smallest absolute Gasteiger partial charge is 0.289 e. The number of aryl methyl sites for hydroxylation is 1. The quantitative estimate of drug-likeness (QED) is 0.776. The Morgan fingerprint density at radius 3 is 2.42 bits per heavy atom. The number of alkyl halides is 3. The van der Waals surface area contributed by atoms with Crippen LogP contribution in [0.15, 0.2) is 42.7 Å². The second kappa shape index (κ2) is 4.84. The molecule has 98 valence electrons. The van der Waals surface area contributed by atoms with Gasteiger partial charge in [-0.3, -0.25) is 9.78 Å². The summed E-state index contributed by atoms with van der Waals surface area (Å²) in [6.45, 7) is 1.68. The summed E-state index contributed by atoms with van der Waals surface area (Å²) in [6.07, 6.45) is -2.59. The van der Waals surface area contributed by atoms with Crippen molar-refractivity contribution in [2.75, 3.05) is 0 Å². The number of rotatable bonds is 2. The minimum absolute atomic E-state index is 0.251. The molecule has 0 amide bonds. The topological polar surface area (TPSA) is 30.0 Å². The lowest BCUT2D eigenvalue weighted by Gasteiger charge is -2.12. The van der Waals surface area contributed by atoms with Crippen molar-refractivity contribution in [3.05, 3.63) is 65.0 Å². The molecule has 0 fully saturated rings. The van der Waals surface area contributed by atoms with Gasteiger partial charge in [0.25, 0.3) is 0 Å². The Kier molecular flexibility index (Phi) is 3.38. The molecule has 2 aromatic rings. The van der Waals surface area contributed by atoms with E-state index in [2.05, 4.69) is 4.98 Å². The molecule has 0 bridgehead atoms. The number of carbonyl (C=O) groups is 1. The number of hydrogen-bond donors (Lipinski definition) is 0. The Labute approximate surface area is 107 Å². The predicted molar refractivity (Wildman–Crippen MR) is 63.9 cm³/mol. The van der Waals surface area contributed by atoms with Crippen molar-refractivity contribution in [3.8, 4) is 0 Å². The van der Waals surface area contributed by atoms with Crippen LogP contribution in [0.1, 0.15) is 27.0 Å². The summed E-state index contributed by atoms with van der Waals surface area (Å²) in [7, 11) is 0. The number of halogens is 3.